The highest BCUT2D eigenvalue weighted by atomic mass is 19.4. The summed E-state index contributed by atoms with van der Waals surface area (Å²) in [5, 5.41) is 12.3. The van der Waals surface area contributed by atoms with E-state index >= 15 is 0 Å². The molecule has 1 aliphatic heterocycles. The molecule has 0 aliphatic carbocycles. The van der Waals surface area contributed by atoms with E-state index in [0.717, 1.165) is 0 Å². The first kappa shape index (κ1) is 15.5. The lowest BCUT2D eigenvalue weighted by Crippen LogP contribution is -2.63. The molecule has 2 unspecified atom stereocenters. The molecule has 0 aromatic rings. The Morgan fingerprint density at radius 1 is 1.42 bits per heavy atom. The van der Waals surface area contributed by atoms with Gasteiger partial charge in [0.2, 0.25) is 5.54 Å². The summed E-state index contributed by atoms with van der Waals surface area (Å²) in [6, 6.07) is -1.17. The number of carbonyl (C=O) groups excluding carboxylic acids is 1. The van der Waals surface area contributed by atoms with E-state index in [1.165, 1.54) is 5.32 Å². The van der Waals surface area contributed by atoms with Crippen LogP contribution in [0.1, 0.15) is 13.3 Å². The van der Waals surface area contributed by atoms with Gasteiger partial charge in [0, 0.05) is 19.1 Å². The number of carboxylic acids is 1. The van der Waals surface area contributed by atoms with Gasteiger partial charge in [-0.25, -0.2) is 9.59 Å². The lowest BCUT2D eigenvalue weighted by molar-refractivity contribution is -0.203. The SMILES string of the molecule is CC(NC(=O)NCC1CCOC1)(C(=O)O)C(F)(F)F. The Morgan fingerprint density at radius 3 is 2.47 bits per heavy atom. The number of amides is 2. The van der Waals surface area contributed by atoms with E-state index in [2.05, 4.69) is 5.32 Å². The smallest absolute Gasteiger partial charge is 0.422 e. The van der Waals surface area contributed by atoms with E-state index in [0.29, 0.717) is 26.6 Å². The summed E-state index contributed by atoms with van der Waals surface area (Å²) >= 11 is 0. The highest BCUT2D eigenvalue weighted by molar-refractivity contribution is 5.86. The van der Waals surface area contributed by atoms with Crippen molar-refractivity contribution >= 4 is 12.0 Å². The van der Waals surface area contributed by atoms with Gasteiger partial charge in [-0.2, -0.15) is 13.2 Å². The van der Waals surface area contributed by atoms with Gasteiger partial charge in [-0.05, 0) is 13.3 Å². The van der Waals surface area contributed by atoms with Crippen molar-refractivity contribution in [2.24, 2.45) is 5.92 Å². The molecule has 9 heteroatoms. The molecule has 0 saturated carbocycles. The molecule has 1 saturated heterocycles. The van der Waals surface area contributed by atoms with Crippen molar-refractivity contribution in [2.45, 2.75) is 25.1 Å². The van der Waals surface area contributed by atoms with Crippen LogP contribution in [0.2, 0.25) is 0 Å². The number of halogens is 3. The first-order valence-electron chi connectivity index (χ1n) is 5.60. The van der Waals surface area contributed by atoms with E-state index in [9.17, 15) is 22.8 Å². The van der Waals surface area contributed by atoms with Crippen molar-refractivity contribution in [3.63, 3.8) is 0 Å². The van der Waals surface area contributed by atoms with E-state index in [-0.39, 0.29) is 12.5 Å². The zero-order valence-corrected chi connectivity index (χ0v) is 10.2. The average Bonchev–Trinajstić information content (AvgIpc) is 2.77. The van der Waals surface area contributed by atoms with Gasteiger partial charge >= 0.3 is 18.2 Å². The number of hydrogen-bond acceptors (Lipinski definition) is 3. The van der Waals surface area contributed by atoms with Gasteiger partial charge in [0.05, 0.1) is 6.61 Å². The lowest BCUT2D eigenvalue weighted by atomic mass is 10.0. The molecule has 3 N–H and O–H groups in total. The van der Waals surface area contributed by atoms with Crippen LogP contribution in [0.25, 0.3) is 0 Å². The van der Waals surface area contributed by atoms with E-state index in [1.807, 2.05) is 0 Å². The summed E-state index contributed by atoms with van der Waals surface area (Å²) in [5.74, 6) is -2.13. The largest absolute Gasteiger partial charge is 0.479 e. The van der Waals surface area contributed by atoms with Crippen LogP contribution in [0.15, 0.2) is 0 Å². The number of aliphatic carboxylic acids is 1. The van der Waals surface area contributed by atoms with Gasteiger partial charge < -0.3 is 20.5 Å². The molecule has 19 heavy (non-hydrogen) atoms. The van der Waals surface area contributed by atoms with Crippen LogP contribution in [0.5, 0.6) is 0 Å². The summed E-state index contributed by atoms with van der Waals surface area (Å²) in [5.41, 5.74) is -3.32. The highest BCUT2D eigenvalue weighted by Crippen LogP contribution is 2.30. The number of ether oxygens (including phenoxy) is 1. The topological polar surface area (TPSA) is 87.7 Å². The molecule has 1 fully saturated rings. The summed E-state index contributed by atoms with van der Waals surface area (Å²) < 4.78 is 42.9. The summed E-state index contributed by atoms with van der Waals surface area (Å²) in [6.45, 7) is 1.51. The first-order chi connectivity index (χ1) is 8.67. The molecular weight excluding hydrogens is 269 g/mol. The molecule has 6 nitrogen and oxygen atoms in total. The predicted molar refractivity (Wildman–Crippen MR) is 57.6 cm³/mol. The molecule has 2 amide bonds. The zero-order valence-electron chi connectivity index (χ0n) is 10.2. The van der Waals surface area contributed by atoms with Crippen LogP contribution in [0.4, 0.5) is 18.0 Å². The quantitative estimate of drug-likeness (QED) is 0.710. The molecule has 0 spiro atoms. The minimum absolute atomic E-state index is 0.0349. The Labute approximate surface area is 107 Å². The van der Waals surface area contributed by atoms with Gasteiger partial charge in [0.25, 0.3) is 0 Å². The van der Waals surface area contributed by atoms with Crippen molar-refractivity contribution in [3.05, 3.63) is 0 Å². The van der Waals surface area contributed by atoms with Crippen LogP contribution in [-0.4, -0.2) is 48.6 Å². The Morgan fingerprint density at radius 2 is 2.05 bits per heavy atom. The maximum Gasteiger partial charge on any atom is 0.422 e. The molecule has 0 bridgehead atoms. The molecular formula is C10H15F3N2O4. The van der Waals surface area contributed by atoms with Gasteiger partial charge in [-0.1, -0.05) is 0 Å². The second-order valence-electron chi connectivity index (χ2n) is 4.49. The van der Waals surface area contributed by atoms with Crippen molar-refractivity contribution in [3.8, 4) is 0 Å². The maximum absolute atomic E-state index is 12.6. The number of nitrogens with one attached hydrogen (secondary N) is 2. The fourth-order valence-corrected chi connectivity index (χ4v) is 1.50. The second-order valence-corrected chi connectivity index (χ2v) is 4.49. The number of rotatable bonds is 4. The number of urea groups is 1. The van der Waals surface area contributed by atoms with Crippen LogP contribution < -0.4 is 10.6 Å². The molecule has 1 aliphatic rings. The monoisotopic (exact) mass is 284 g/mol. The average molecular weight is 284 g/mol. The number of carbonyl (C=O) groups is 2. The summed E-state index contributed by atoms with van der Waals surface area (Å²) in [7, 11) is 0. The molecule has 2 atom stereocenters. The third-order valence-electron chi connectivity index (χ3n) is 2.93. The van der Waals surface area contributed by atoms with E-state index in [4.69, 9.17) is 9.84 Å². The highest BCUT2D eigenvalue weighted by Gasteiger charge is 2.58. The Balaban J connectivity index is 2.54. The van der Waals surface area contributed by atoms with Crippen LogP contribution in [0.3, 0.4) is 0 Å². The van der Waals surface area contributed by atoms with Crippen molar-refractivity contribution in [2.75, 3.05) is 19.8 Å². The van der Waals surface area contributed by atoms with Gasteiger partial charge in [-0.15, -0.1) is 0 Å². The number of carboxylic acid groups (broad SMARTS) is 1. The van der Waals surface area contributed by atoms with Crippen molar-refractivity contribution in [1.29, 1.82) is 0 Å². The Bertz CT molecular complexity index is 355. The zero-order chi connectivity index (χ0) is 14.7. The molecule has 110 valence electrons. The minimum atomic E-state index is -5.09. The Kier molecular flexibility index (Phi) is 4.61. The number of hydrogen-bond donors (Lipinski definition) is 3. The van der Waals surface area contributed by atoms with Gasteiger partial charge in [0.1, 0.15) is 0 Å². The summed E-state index contributed by atoms with van der Waals surface area (Å²) in [6.07, 6.45) is -4.39. The fourth-order valence-electron chi connectivity index (χ4n) is 1.50. The van der Waals surface area contributed by atoms with Crippen LogP contribution in [0, 0.1) is 5.92 Å². The standard InChI is InChI=1S/C10H15F3N2O4/c1-9(7(16)17,10(11,12)13)15-8(18)14-4-6-2-3-19-5-6/h6H,2-5H2,1H3,(H,16,17)(H2,14,15,18). The third kappa shape index (κ3) is 3.72. The molecule has 1 heterocycles. The maximum atomic E-state index is 12.6. The third-order valence-corrected chi connectivity index (χ3v) is 2.93. The lowest BCUT2D eigenvalue weighted by Gasteiger charge is -2.28. The summed E-state index contributed by atoms with van der Waals surface area (Å²) in [4.78, 5) is 22.0. The van der Waals surface area contributed by atoms with Gasteiger partial charge in [-0.3, -0.25) is 0 Å². The molecule has 1 rings (SSSR count). The molecule has 0 aromatic heterocycles. The number of alkyl halides is 3. The van der Waals surface area contributed by atoms with Crippen molar-refractivity contribution < 1.29 is 32.6 Å². The van der Waals surface area contributed by atoms with E-state index < -0.39 is 23.7 Å². The van der Waals surface area contributed by atoms with Crippen molar-refractivity contribution in [1.82, 2.24) is 10.6 Å². The molecule has 0 aromatic carbocycles. The first-order valence-corrected chi connectivity index (χ1v) is 5.60. The second kappa shape index (κ2) is 5.64. The van der Waals surface area contributed by atoms with Crippen LogP contribution >= 0.6 is 0 Å². The van der Waals surface area contributed by atoms with E-state index in [1.54, 1.807) is 0 Å². The normalized spacial score (nSPS) is 22.6. The fraction of sp³-hybridized carbons (Fsp3) is 0.800. The predicted octanol–water partition coefficient (Wildman–Crippen LogP) is 0.728. The minimum Gasteiger partial charge on any atom is -0.479 e. The van der Waals surface area contributed by atoms with Gasteiger partial charge in [0.15, 0.2) is 0 Å². The Hall–Kier alpha value is -1.51. The van der Waals surface area contributed by atoms with Crippen LogP contribution in [-0.2, 0) is 9.53 Å². The molecule has 0 radical (unpaired) electrons.